The highest BCUT2D eigenvalue weighted by Crippen LogP contribution is 2.22. The van der Waals surface area contributed by atoms with Crippen molar-refractivity contribution >= 4 is 22.6 Å². The zero-order chi connectivity index (χ0) is 14.8. The van der Waals surface area contributed by atoms with E-state index in [1.807, 2.05) is 24.3 Å². The molecule has 1 aromatic carbocycles. The van der Waals surface area contributed by atoms with E-state index in [1.54, 1.807) is 13.2 Å². The van der Waals surface area contributed by atoms with Crippen LogP contribution in [0.1, 0.15) is 10.4 Å². The Morgan fingerprint density at radius 1 is 1.43 bits per heavy atom. The van der Waals surface area contributed by atoms with Crippen LogP contribution < -0.4 is 16.4 Å². The van der Waals surface area contributed by atoms with Crippen LogP contribution in [0.2, 0.25) is 0 Å². The summed E-state index contributed by atoms with van der Waals surface area (Å²) in [6.07, 6.45) is 0.0407. The van der Waals surface area contributed by atoms with Crippen LogP contribution in [0, 0.1) is 0 Å². The highest BCUT2D eigenvalue weighted by molar-refractivity contribution is 6.01. The first kappa shape index (κ1) is 13.8. The van der Waals surface area contributed by atoms with E-state index < -0.39 is 5.91 Å². The minimum Gasteiger partial charge on any atom is -0.378 e. The highest BCUT2D eigenvalue weighted by atomic mass is 16.5. The number of fused-ring (bicyclic) bond motifs is 1. The predicted octanol–water partition coefficient (Wildman–Crippen LogP) is 0.732. The Kier molecular flexibility index (Phi) is 3.72. The summed E-state index contributed by atoms with van der Waals surface area (Å²) in [6.45, 7) is 1.53. The molecule has 0 bridgehead atoms. The number of ether oxygens (including phenoxy) is 1. The molecule has 3 rings (SSSR count). The van der Waals surface area contributed by atoms with Gasteiger partial charge in [0.15, 0.2) is 0 Å². The van der Waals surface area contributed by atoms with Crippen molar-refractivity contribution in [2.75, 3.05) is 25.5 Å². The summed E-state index contributed by atoms with van der Waals surface area (Å²) in [5, 5.41) is 7.43. The van der Waals surface area contributed by atoms with E-state index in [0.717, 1.165) is 24.0 Å². The van der Waals surface area contributed by atoms with Gasteiger partial charge < -0.3 is 21.1 Å². The van der Waals surface area contributed by atoms with Crippen molar-refractivity contribution in [2.45, 2.75) is 12.1 Å². The van der Waals surface area contributed by atoms with Gasteiger partial charge in [-0.25, -0.2) is 4.98 Å². The summed E-state index contributed by atoms with van der Waals surface area (Å²) in [4.78, 5) is 16.2. The molecule has 110 valence electrons. The Bertz CT molecular complexity index is 674. The molecule has 1 amide bonds. The molecule has 21 heavy (non-hydrogen) atoms. The van der Waals surface area contributed by atoms with Crippen LogP contribution in [-0.4, -0.2) is 43.2 Å². The Balaban J connectivity index is 1.99. The molecule has 1 aliphatic rings. The van der Waals surface area contributed by atoms with Gasteiger partial charge in [-0.15, -0.1) is 0 Å². The largest absolute Gasteiger partial charge is 0.378 e. The van der Waals surface area contributed by atoms with Crippen molar-refractivity contribution in [1.82, 2.24) is 10.3 Å². The minimum atomic E-state index is -0.490. The lowest BCUT2D eigenvalue weighted by molar-refractivity contribution is 0.0999. The lowest BCUT2D eigenvalue weighted by Gasteiger charge is -2.20. The average Bonchev–Trinajstić information content (AvgIpc) is 2.93. The molecular weight excluding hydrogens is 268 g/mol. The lowest BCUT2D eigenvalue weighted by Crippen LogP contribution is -2.34. The SMILES string of the molecule is CO[C@H]1CNCC1Nc1nc2ccccc2cc1C(N)=O. The first-order chi connectivity index (χ1) is 10.2. The van der Waals surface area contributed by atoms with E-state index in [9.17, 15) is 4.79 Å². The number of methoxy groups -OCH3 is 1. The quantitative estimate of drug-likeness (QED) is 0.771. The van der Waals surface area contributed by atoms with Crippen LogP contribution in [-0.2, 0) is 4.74 Å². The molecule has 6 heteroatoms. The summed E-state index contributed by atoms with van der Waals surface area (Å²) in [5.41, 5.74) is 6.70. The number of rotatable bonds is 4. The molecule has 2 aromatic rings. The number of pyridine rings is 1. The van der Waals surface area contributed by atoms with Crippen molar-refractivity contribution in [1.29, 1.82) is 0 Å². The van der Waals surface area contributed by atoms with Gasteiger partial charge in [-0.2, -0.15) is 0 Å². The number of nitrogens with zero attached hydrogens (tertiary/aromatic N) is 1. The van der Waals surface area contributed by atoms with E-state index in [-0.39, 0.29) is 12.1 Å². The second kappa shape index (κ2) is 5.67. The normalized spacial score (nSPS) is 21.6. The maximum absolute atomic E-state index is 11.7. The van der Waals surface area contributed by atoms with Gasteiger partial charge in [0.25, 0.3) is 5.91 Å². The zero-order valence-electron chi connectivity index (χ0n) is 11.8. The average molecular weight is 286 g/mol. The van der Waals surface area contributed by atoms with Crippen LogP contribution in [0.4, 0.5) is 5.82 Å². The summed E-state index contributed by atoms with van der Waals surface area (Å²) in [7, 11) is 1.68. The van der Waals surface area contributed by atoms with Crippen LogP contribution >= 0.6 is 0 Å². The van der Waals surface area contributed by atoms with Gasteiger partial charge in [0.05, 0.1) is 23.2 Å². The monoisotopic (exact) mass is 286 g/mol. The number of carbonyl (C=O) groups excluding carboxylic acids is 1. The van der Waals surface area contributed by atoms with Crippen molar-refractivity contribution in [3.63, 3.8) is 0 Å². The van der Waals surface area contributed by atoms with Gasteiger partial charge in [0.1, 0.15) is 5.82 Å². The number of aromatic nitrogens is 1. The highest BCUT2D eigenvalue weighted by Gasteiger charge is 2.28. The first-order valence-corrected chi connectivity index (χ1v) is 6.88. The van der Waals surface area contributed by atoms with E-state index in [1.165, 1.54) is 0 Å². The number of amides is 1. The Labute approximate surface area is 122 Å². The van der Waals surface area contributed by atoms with Crippen molar-refractivity contribution in [2.24, 2.45) is 5.73 Å². The summed E-state index contributed by atoms with van der Waals surface area (Å²) in [6, 6.07) is 9.47. The van der Waals surface area contributed by atoms with Gasteiger partial charge in [0, 0.05) is 25.6 Å². The number of anilines is 1. The Morgan fingerprint density at radius 3 is 3.00 bits per heavy atom. The molecule has 1 aliphatic heterocycles. The molecule has 0 radical (unpaired) electrons. The van der Waals surface area contributed by atoms with E-state index >= 15 is 0 Å². The van der Waals surface area contributed by atoms with Gasteiger partial charge in [0.2, 0.25) is 0 Å². The number of nitrogens with two attached hydrogens (primary N) is 1. The molecular formula is C15H18N4O2. The van der Waals surface area contributed by atoms with Gasteiger partial charge >= 0.3 is 0 Å². The number of primary amides is 1. The number of carbonyl (C=O) groups is 1. The molecule has 0 aliphatic carbocycles. The minimum absolute atomic E-state index is 0.0407. The zero-order valence-corrected chi connectivity index (χ0v) is 11.8. The third-order valence-corrected chi connectivity index (χ3v) is 3.77. The molecule has 1 saturated heterocycles. The van der Waals surface area contributed by atoms with Gasteiger partial charge in [-0.05, 0) is 12.1 Å². The standard InChI is InChI=1S/C15H18N4O2/c1-21-13-8-17-7-12(13)19-15-10(14(16)20)6-9-4-2-3-5-11(9)18-15/h2-6,12-13,17H,7-8H2,1H3,(H2,16,20)(H,18,19)/t12?,13-/m0/s1. The van der Waals surface area contributed by atoms with Crippen molar-refractivity contribution in [3.05, 3.63) is 35.9 Å². The first-order valence-electron chi connectivity index (χ1n) is 6.88. The second-order valence-corrected chi connectivity index (χ2v) is 5.12. The number of benzene rings is 1. The summed E-state index contributed by atoms with van der Waals surface area (Å²) in [5.74, 6) is 0.0210. The molecule has 0 saturated carbocycles. The molecule has 1 unspecified atom stereocenters. The smallest absolute Gasteiger partial charge is 0.252 e. The molecule has 0 spiro atoms. The van der Waals surface area contributed by atoms with E-state index in [0.29, 0.717) is 11.4 Å². The van der Waals surface area contributed by atoms with Crippen molar-refractivity contribution in [3.8, 4) is 0 Å². The Hall–Kier alpha value is -2.18. The molecule has 1 fully saturated rings. The van der Waals surface area contributed by atoms with Crippen molar-refractivity contribution < 1.29 is 9.53 Å². The fourth-order valence-electron chi connectivity index (χ4n) is 2.64. The molecule has 2 heterocycles. The van der Waals surface area contributed by atoms with Crippen LogP contribution in [0.5, 0.6) is 0 Å². The Morgan fingerprint density at radius 2 is 2.24 bits per heavy atom. The van der Waals surface area contributed by atoms with Crippen LogP contribution in [0.25, 0.3) is 10.9 Å². The molecule has 6 nitrogen and oxygen atoms in total. The van der Waals surface area contributed by atoms with Crippen LogP contribution in [0.3, 0.4) is 0 Å². The molecule has 4 N–H and O–H groups in total. The number of para-hydroxylation sites is 1. The lowest BCUT2D eigenvalue weighted by atomic mass is 10.1. The molecule has 1 aromatic heterocycles. The van der Waals surface area contributed by atoms with Gasteiger partial charge in [-0.3, -0.25) is 4.79 Å². The van der Waals surface area contributed by atoms with E-state index in [2.05, 4.69) is 15.6 Å². The molecule has 2 atom stereocenters. The topological polar surface area (TPSA) is 89.3 Å². The second-order valence-electron chi connectivity index (χ2n) is 5.12. The van der Waals surface area contributed by atoms with Gasteiger partial charge in [-0.1, -0.05) is 18.2 Å². The maximum Gasteiger partial charge on any atom is 0.252 e. The number of nitrogens with one attached hydrogen (secondary N) is 2. The fraction of sp³-hybridized carbons (Fsp3) is 0.333. The number of hydrogen-bond acceptors (Lipinski definition) is 5. The summed E-state index contributed by atoms with van der Waals surface area (Å²) >= 11 is 0. The predicted molar refractivity (Wildman–Crippen MR) is 81.3 cm³/mol. The van der Waals surface area contributed by atoms with E-state index in [4.69, 9.17) is 10.5 Å². The summed E-state index contributed by atoms with van der Waals surface area (Å²) < 4.78 is 5.41. The van der Waals surface area contributed by atoms with Crippen LogP contribution in [0.15, 0.2) is 30.3 Å². The number of hydrogen-bond donors (Lipinski definition) is 3. The third-order valence-electron chi connectivity index (χ3n) is 3.77. The third kappa shape index (κ3) is 2.68. The maximum atomic E-state index is 11.7. The fourth-order valence-corrected chi connectivity index (χ4v) is 2.64.